The Morgan fingerprint density at radius 3 is 2.00 bits per heavy atom. The van der Waals surface area contributed by atoms with Crippen molar-refractivity contribution in [1.82, 2.24) is 0 Å². The number of ether oxygens (including phenoxy) is 1. The maximum atomic E-state index is 11.7. The second kappa shape index (κ2) is 6.14. The van der Waals surface area contributed by atoms with Crippen molar-refractivity contribution in [3.05, 3.63) is 59.7 Å². The zero-order valence-electron chi connectivity index (χ0n) is 13.9. The third-order valence-corrected chi connectivity index (χ3v) is 5.46. The Morgan fingerprint density at radius 2 is 1.54 bits per heavy atom. The molecule has 1 aliphatic heterocycles. The Hall–Kier alpha value is -2.86. The van der Waals surface area contributed by atoms with Gasteiger partial charge in [-0.05, 0) is 30.4 Å². The number of rotatable bonds is 5. The lowest BCUT2D eigenvalue weighted by molar-refractivity contribution is -0.142. The molecule has 0 spiro atoms. The summed E-state index contributed by atoms with van der Waals surface area (Å²) in [6, 6.07) is 13.8. The molecule has 1 aliphatic carbocycles. The Balaban J connectivity index is 1.85. The summed E-state index contributed by atoms with van der Waals surface area (Å²) < 4.78 is 5.97. The summed E-state index contributed by atoms with van der Waals surface area (Å²) in [6.45, 7) is 0. The second-order valence-corrected chi connectivity index (χ2v) is 6.94. The molecule has 0 aromatic heterocycles. The van der Waals surface area contributed by atoms with Gasteiger partial charge in [-0.3, -0.25) is 9.59 Å². The van der Waals surface area contributed by atoms with E-state index in [1.54, 1.807) is 0 Å². The van der Waals surface area contributed by atoms with Crippen LogP contribution in [0.1, 0.15) is 23.5 Å². The predicted octanol–water partition coefficient (Wildman–Crippen LogP) is 2.67. The molecule has 134 valence electrons. The summed E-state index contributed by atoms with van der Waals surface area (Å²) in [5.74, 6) is -2.37. The van der Waals surface area contributed by atoms with Crippen LogP contribution in [-0.4, -0.2) is 28.2 Å². The van der Waals surface area contributed by atoms with Crippen LogP contribution in [0, 0.1) is 17.8 Å². The molecule has 4 rings (SSSR count). The first-order chi connectivity index (χ1) is 12.5. The van der Waals surface area contributed by atoms with Crippen molar-refractivity contribution >= 4 is 11.9 Å². The van der Waals surface area contributed by atoms with Gasteiger partial charge in [0.15, 0.2) is 0 Å². The average molecular weight is 353 g/mol. The number of nitrogens with two attached hydrogens (primary N) is 1. The van der Waals surface area contributed by atoms with E-state index in [0.717, 1.165) is 11.1 Å². The zero-order chi connectivity index (χ0) is 18.4. The molecule has 6 nitrogen and oxygen atoms in total. The van der Waals surface area contributed by atoms with E-state index >= 15 is 0 Å². The number of benzene rings is 2. The lowest BCUT2D eigenvalue weighted by Crippen LogP contribution is -2.43. The first kappa shape index (κ1) is 16.6. The van der Waals surface area contributed by atoms with Gasteiger partial charge < -0.3 is 20.7 Å². The highest BCUT2D eigenvalue weighted by atomic mass is 16.5. The summed E-state index contributed by atoms with van der Waals surface area (Å²) in [7, 11) is 0. The van der Waals surface area contributed by atoms with Gasteiger partial charge >= 0.3 is 11.9 Å². The average Bonchev–Trinajstić information content (AvgIpc) is 3.42. The van der Waals surface area contributed by atoms with Crippen LogP contribution in [0.25, 0.3) is 0 Å². The number of carbonyl (C=O) groups is 2. The molecule has 0 amide bonds. The molecule has 1 fully saturated rings. The van der Waals surface area contributed by atoms with Gasteiger partial charge in [0.2, 0.25) is 0 Å². The van der Waals surface area contributed by atoms with Crippen molar-refractivity contribution in [3.8, 4) is 11.5 Å². The lowest BCUT2D eigenvalue weighted by Gasteiger charge is -2.36. The standard InChI is InChI=1S/C20H19NO5/c21-18(20(24)25)17(12-9-13(12)19(22)23)16-10-5-1-3-7-14(10)26-15-8-4-2-6-11(15)16/h1-8,12-13,16-18H,9,21H2,(H,22,23)(H,24,25)/t12-,13+,17?,18+/m1/s1. The summed E-state index contributed by atoms with van der Waals surface area (Å²) in [5.41, 5.74) is 7.78. The minimum Gasteiger partial charge on any atom is -0.481 e. The summed E-state index contributed by atoms with van der Waals surface area (Å²) in [5, 5.41) is 18.9. The van der Waals surface area contributed by atoms with E-state index in [1.807, 2.05) is 48.5 Å². The molecule has 2 aromatic rings. The second-order valence-electron chi connectivity index (χ2n) is 6.94. The maximum absolute atomic E-state index is 11.7. The van der Waals surface area contributed by atoms with Crippen molar-refractivity contribution in [2.75, 3.05) is 0 Å². The fraction of sp³-hybridized carbons (Fsp3) is 0.300. The van der Waals surface area contributed by atoms with Crippen molar-refractivity contribution in [1.29, 1.82) is 0 Å². The number of fused-ring (bicyclic) bond motifs is 2. The van der Waals surface area contributed by atoms with Gasteiger partial charge in [-0.1, -0.05) is 36.4 Å². The molecule has 1 heterocycles. The Morgan fingerprint density at radius 1 is 1.00 bits per heavy atom. The van der Waals surface area contributed by atoms with Crippen LogP contribution >= 0.6 is 0 Å². The van der Waals surface area contributed by atoms with Crippen LogP contribution in [0.5, 0.6) is 11.5 Å². The largest absolute Gasteiger partial charge is 0.481 e. The SMILES string of the molecule is N[C@H](C(=O)O)C(C1c2ccccc2Oc2ccccc21)[C@@H]1C[C@@H]1C(=O)O. The van der Waals surface area contributed by atoms with Crippen LogP contribution in [0.3, 0.4) is 0 Å². The van der Waals surface area contributed by atoms with E-state index < -0.39 is 29.8 Å². The molecule has 2 aliphatic rings. The van der Waals surface area contributed by atoms with Crippen LogP contribution in [0.15, 0.2) is 48.5 Å². The fourth-order valence-electron chi connectivity index (χ4n) is 4.17. The molecule has 2 aromatic carbocycles. The topological polar surface area (TPSA) is 110 Å². The number of hydrogen-bond acceptors (Lipinski definition) is 4. The molecular weight excluding hydrogens is 334 g/mol. The van der Waals surface area contributed by atoms with E-state index in [1.165, 1.54) is 0 Å². The highest BCUT2D eigenvalue weighted by Gasteiger charge is 2.54. The lowest BCUT2D eigenvalue weighted by atomic mass is 9.72. The van der Waals surface area contributed by atoms with Gasteiger partial charge in [0.25, 0.3) is 0 Å². The number of aliphatic carboxylic acids is 2. The first-order valence-electron chi connectivity index (χ1n) is 8.56. The van der Waals surface area contributed by atoms with E-state index in [-0.39, 0.29) is 11.8 Å². The number of carboxylic acid groups (broad SMARTS) is 2. The highest BCUT2D eigenvalue weighted by molar-refractivity contribution is 5.77. The van der Waals surface area contributed by atoms with Crippen LogP contribution in [0.2, 0.25) is 0 Å². The number of hydrogen-bond donors (Lipinski definition) is 3. The molecule has 6 heteroatoms. The quantitative estimate of drug-likeness (QED) is 0.762. The molecule has 4 N–H and O–H groups in total. The zero-order valence-corrected chi connectivity index (χ0v) is 13.9. The van der Waals surface area contributed by atoms with Gasteiger partial charge in [-0.2, -0.15) is 0 Å². The van der Waals surface area contributed by atoms with Crippen LogP contribution < -0.4 is 10.5 Å². The van der Waals surface area contributed by atoms with E-state index in [0.29, 0.717) is 17.9 Å². The molecule has 26 heavy (non-hydrogen) atoms. The van der Waals surface area contributed by atoms with Crippen molar-refractivity contribution in [2.24, 2.45) is 23.5 Å². The predicted molar refractivity (Wildman–Crippen MR) is 93.1 cm³/mol. The van der Waals surface area contributed by atoms with Crippen molar-refractivity contribution in [3.63, 3.8) is 0 Å². The van der Waals surface area contributed by atoms with Gasteiger partial charge in [-0.15, -0.1) is 0 Å². The normalized spacial score (nSPS) is 23.1. The summed E-state index contributed by atoms with van der Waals surface area (Å²) in [6.07, 6.45) is 0.447. The summed E-state index contributed by atoms with van der Waals surface area (Å²) in [4.78, 5) is 23.1. The van der Waals surface area contributed by atoms with Gasteiger partial charge in [0, 0.05) is 17.0 Å². The third kappa shape index (κ3) is 2.63. The molecule has 0 bridgehead atoms. The molecular formula is C20H19NO5. The minimum atomic E-state index is -1.16. The number of para-hydroxylation sites is 2. The Labute approximate surface area is 150 Å². The maximum Gasteiger partial charge on any atom is 0.320 e. The molecule has 1 saturated carbocycles. The van der Waals surface area contributed by atoms with E-state index in [4.69, 9.17) is 10.5 Å². The molecule has 1 unspecified atom stereocenters. The minimum absolute atomic E-state index is 0.275. The molecule has 4 atom stereocenters. The first-order valence-corrected chi connectivity index (χ1v) is 8.56. The smallest absolute Gasteiger partial charge is 0.320 e. The fourth-order valence-corrected chi connectivity index (χ4v) is 4.17. The van der Waals surface area contributed by atoms with Gasteiger partial charge in [0.05, 0.1) is 5.92 Å². The van der Waals surface area contributed by atoms with Gasteiger partial charge in [-0.25, -0.2) is 0 Å². The van der Waals surface area contributed by atoms with Crippen LogP contribution in [-0.2, 0) is 9.59 Å². The molecule has 0 radical (unpaired) electrons. The van der Waals surface area contributed by atoms with Crippen molar-refractivity contribution < 1.29 is 24.5 Å². The van der Waals surface area contributed by atoms with E-state index in [2.05, 4.69) is 0 Å². The molecule has 0 saturated heterocycles. The highest BCUT2D eigenvalue weighted by Crippen LogP contribution is 2.56. The third-order valence-electron chi connectivity index (χ3n) is 5.46. The van der Waals surface area contributed by atoms with E-state index in [9.17, 15) is 19.8 Å². The Bertz CT molecular complexity index is 835. The number of carboxylic acids is 2. The summed E-state index contributed by atoms with van der Waals surface area (Å²) >= 11 is 0. The van der Waals surface area contributed by atoms with Crippen molar-refractivity contribution in [2.45, 2.75) is 18.4 Å². The Kier molecular flexibility index (Phi) is 3.92. The monoisotopic (exact) mass is 353 g/mol. The van der Waals surface area contributed by atoms with Gasteiger partial charge in [0.1, 0.15) is 17.5 Å². The van der Waals surface area contributed by atoms with Crippen LogP contribution in [0.4, 0.5) is 0 Å².